The van der Waals surface area contributed by atoms with Gasteiger partial charge in [0, 0.05) is 50.7 Å². The van der Waals surface area contributed by atoms with Gasteiger partial charge in [0.15, 0.2) is 11.6 Å². The number of hydrogen-bond acceptors (Lipinski definition) is 4. The van der Waals surface area contributed by atoms with Crippen LogP contribution in [0.4, 0.5) is 13.2 Å². The van der Waals surface area contributed by atoms with Crippen molar-refractivity contribution in [3.63, 3.8) is 0 Å². The molecule has 2 heterocycles. The number of nitrogens with zero attached hydrogens (tertiary/aromatic N) is 3. The molecule has 2 saturated heterocycles. The van der Waals surface area contributed by atoms with Crippen LogP contribution < -0.4 is 0 Å². The standard InChI is InChI=1S/C23H24F3N3O4S/c24-18-2-4-19(5-3-18)34(32,33)29-9-7-16(8-10-29)22(30)27-11-13-28(14-12-27)23(31)17-1-6-20(25)21(26)15-17/h1-6,15-16H,7-14H2. The Bertz CT molecular complexity index is 1170. The molecule has 34 heavy (non-hydrogen) atoms. The first kappa shape index (κ1) is 24.2. The maximum Gasteiger partial charge on any atom is 0.254 e. The van der Waals surface area contributed by atoms with Gasteiger partial charge >= 0.3 is 0 Å². The average molecular weight is 496 g/mol. The number of sulfonamides is 1. The Balaban J connectivity index is 1.30. The van der Waals surface area contributed by atoms with E-state index in [9.17, 15) is 31.2 Å². The van der Waals surface area contributed by atoms with E-state index in [-0.39, 0.29) is 48.5 Å². The number of amides is 2. The van der Waals surface area contributed by atoms with Gasteiger partial charge in [-0.2, -0.15) is 4.31 Å². The molecule has 2 fully saturated rings. The molecule has 0 atom stereocenters. The van der Waals surface area contributed by atoms with Gasteiger partial charge in [0.05, 0.1) is 4.90 Å². The zero-order valence-electron chi connectivity index (χ0n) is 18.3. The second-order valence-corrected chi connectivity index (χ2v) is 10.3. The van der Waals surface area contributed by atoms with Crippen molar-refractivity contribution in [1.82, 2.24) is 14.1 Å². The van der Waals surface area contributed by atoms with E-state index in [2.05, 4.69) is 0 Å². The molecule has 2 aromatic rings. The Morgan fingerprint density at radius 1 is 0.765 bits per heavy atom. The van der Waals surface area contributed by atoms with Gasteiger partial charge in [0.25, 0.3) is 5.91 Å². The molecule has 2 amide bonds. The smallest absolute Gasteiger partial charge is 0.254 e. The van der Waals surface area contributed by atoms with Gasteiger partial charge < -0.3 is 9.80 Å². The van der Waals surface area contributed by atoms with Gasteiger partial charge in [-0.05, 0) is 55.3 Å². The van der Waals surface area contributed by atoms with Crippen LogP contribution in [0.5, 0.6) is 0 Å². The molecule has 0 saturated carbocycles. The lowest BCUT2D eigenvalue weighted by atomic mass is 9.96. The molecule has 11 heteroatoms. The molecule has 182 valence electrons. The largest absolute Gasteiger partial charge is 0.339 e. The Hall–Kier alpha value is -2.92. The van der Waals surface area contributed by atoms with Crippen molar-refractivity contribution in [2.24, 2.45) is 5.92 Å². The normalized spacial score (nSPS) is 18.2. The maximum atomic E-state index is 13.4. The highest BCUT2D eigenvalue weighted by Gasteiger charge is 2.35. The molecule has 2 aromatic carbocycles. The van der Waals surface area contributed by atoms with Crippen molar-refractivity contribution in [3.8, 4) is 0 Å². The van der Waals surface area contributed by atoms with Crippen LogP contribution in [0.15, 0.2) is 47.4 Å². The SMILES string of the molecule is O=C(c1ccc(F)c(F)c1)N1CCN(C(=O)C2CCN(S(=O)(=O)c3ccc(F)cc3)CC2)CC1. The van der Waals surface area contributed by atoms with Gasteiger partial charge in [0.2, 0.25) is 15.9 Å². The fourth-order valence-corrected chi connectivity index (χ4v) is 5.77. The third-order valence-corrected chi connectivity index (χ3v) is 8.21. The van der Waals surface area contributed by atoms with E-state index in [1.807, 2.05) is 0 Å². The Labute approximate surface area is 195 Å². The van der Waals surface area contributed by atoms with E-state index in [0.717, 1.165) is 24.3 Å². The summed E-state index contributed by atoms with van der Waals surface area (Å²) < 4.78 is 66.5. The molecule has 0 bridgehead atoms. The second-order valence-electron chi connectivity index (χ2n) is 8.38. The number of hydrogen-bond donors (Lipinski definition) is 0. The van der Waals surface area contributed by atoms with Crippen molar-refractivity contribution in [1.29, 1.82) is 0 Å². The first-order valence-corrected chi connectivity index (χ1v) is 12.4. The van der Waals surface area contributed by atoms with Crippen LogP contribution in [0.3, 0.4) is 0 Å². The van der Waals surface area contributed by atoms with Gasteiger partial charge in [0.1, 0.15) is 5.82 Å². The summed E-state index contributed by atoms with van der Waals surface area (Å²) >= 11 is 0. The maximum absolute atomic E-state index is 13.4. The molecule has 7 nitrogen and oxygen atoms in total. The van der Waals surface area contributed by atoms with Crippen LogP contribution in [0.25, 0.3) is 0 Å². The van der Waals surface area contributed by atoms with Crippen molar-refractivity contribution in [3.05, 3.63) is 65.5 Å². The summed E-state index contributed by atoms with van der Waals surface area (Å²) in [5.74, 6) is -3.47. The van der Waals surface area contributed by atoms with E-state index < -0.39 is 33.4 Å². The first-order chi connectivity index (χ1) is 16.2. The fourth-order valence-electron chi connectivity index (χ4n) is 4.30. The summed E-state index contributed by atoms with van der Waals surface area (Å²) in [7, 11) is -3.75. The van der Waals surface area contributed by atoms with Crippen LogP contribution in [-0.2, 0) is 14.8 Å². The topological polar surface area (TPSA) is 78.0 Å². The van der Waals surface area contributed by atoms with E-state index in [1.54, 1.807) is 4.90 Å². The highest BCUT2D eigenvalue weighted by Crippen LogP contribution is 2.26. The summed E-state index contributed by atoms with van der Waals surface area (Å²) in [6.07, 6.45) is 0.737. The van der Waals surface area contributed by atoms with Gasteiger partial charge in [-0.25, -0.2) is 21.6 Å². The first-order valence-electron chi connectivity index (χ1n) is 11.0. The van der Waals surface area contributed by atoms with E-state index in [0.29, 0.717) is 25.9 Å². The lowest BCUT2D eigenvalue weighted by Gasteiger charge is -2.38. The molecule has 2 aliphatic heterocycles. The molecule has 4 rings (SSSR count). The lowest BCUT2D eigenvalue weighted by molar-refractivity contribution is -0.138. The third kappa shape index (κ3) is 4.95. The Morgan fingerprint density at radius 2 is 1.35 bits per heavy atom. The average Bonchev–Trinajstić information content (AvgIpc) is 2.85. The number of rotatable bonds is 4. The summed E-state index contributed by atoms with van der Waals surface area (Å²) in [4.78, 5) is 28.7. The van der Waals surface area contributed by atoms with Crippen molar-refractivity contribution < 1.29 is 31.2 Å². The minimum atomic E-state index is -3.75. The molecule has 0 N–H and O–H groups in total. The summed E-state index contributed by atoms with van der Waals surface area (Å²) in [6.45, 7) is 1.52. The van der Waals surface area contributed by atoms with E-state index in [1.165, 1.54) is 27.4 Å². The molecule has 0 spiro atoms. The summed E-state index contributed by atoms with van der Waals surface area (Å²) in [6, 6.07) is 7.65. The number of halogens is 3. The number of carbonyl (C=O) groups excluding carboxylic acids is 2. The predicted molar refractivity (Wildman–Crippen MR) is 117 cm³/mol. The predicted octanol–water partition coefficient (Wildman–Crippen LogP) is 2.49. The van der Waals surface area contributed by atoms with Crippen LogP contribution in [0.2, 0.25) is 0 Å². The minimum Gasteiger partial charge on any atom is -0.339 e. The Kier molecular flexibility index (Phi) is 6.94. The molecule has 2 aliphatic rings. The highest BCUT2D eigenvalue weighted by molar-refractivity contribution is 7.89. The number of benzene rings is 2. The van der Waals surface area contributed by atoms with E-state index in [4.69, 9.17) is 0 Å². The Morgan fingerprint density at radius 3 is 1.94 bits per heavy atom. The van der Waals surface area contributed by atoms with Crippen LogP contribution in [0, 0.1) is 23.4 Å². The monoisotopic (exact) mass is 495 g/mol. The number of carbonyl (C=O) groups is 2. The fraction of sp³-hybridized carbons (Fsp3) is 0.391. The van der Waals surface area contributed by atoms with Crippen molar-refractivity contribution in [2.75, 3.05) is 39.3 Å². The lowest BCUT2D eigenvalue weighted by Crippen LogP contribution is -2.53. The second kappa shape index (κ2) is 9.75. The zero-order valence-corrected chi connectivity index (χ0v) is 19.1. The highest BCUT2D eigenvalue weighted by atomic mass is 32.2. The molecule has 0 aliphatic carbocycles. The van der Waals surface area contributed by atoms with Gasteiger partial charge in [-0.1, -0.05) is 0 Å². The molecular weight excluding hydrogens is 471 g/mol. The van der Waals surface area contributed by atoms with Crippen molar-refractivity contribution >= 4 is 21.8 Å². The summed E-state index contributed by atoms with van der Waals surface area (Å²) in [5.41, 5.74) is 0.0495. The van der Waals surface area contributed by atoms with Gasteiger partial charge in [-0.15, -0.1) is 0 Å². The van der Waals surface area contributed by atoms with Crippen molar-refractivity contribution in [2.45, 2.75) is 17.7 Å². The molecule has 0 radical (unpaired) electrons. The molecule has 0 aromatic heterocycles. The number of piperidine rings is 1. The number of piperazine rings is 1. The summed E-state index contributed by atoms with van der Waals surface area (Å²) in [5, 5.41) is 0. The van der Waals surface area contributed by atoms with Crippen LogP contribution in [-0.4, -0.2) is 73.6 Å². The van der Waals surface area contributed by atoms with E-state index >= 15 is 0 Å². The minimum absolute atomic E-state index is 0.0144. The zero-order chi connectivity index (χ0) is 24.5. The third-order valence-electron chi connectivity index (χ3n) is 6.30. The van der Waals surface area contributed by atoms with Crippen LogP contribution >= 0.6 is 0 Å². The quantitative estimate of drug-likeness (QED) is 0.653. The molecular formula is C23H24F3N3O4S. The van der Waals surface area contributed by atoms with Gasteiger partial charge in [-0.3, -0.25) is 9.59 Å². The molecule has 0 unspecified atom stereocenters. The van der Waals surface area contributed by atoms with Crippen LogP contribution in [0.1, 0.15) is 23.2 Å².